The van der Waals surface area contributed by atoms with E-state index in [1.165, 1.54) is 7.11 Å². The third-order valence-electron chi connectivity index (χ3n) is 2.63. The van der Waals surface area contributed by atoms with Crippen molar-refractivity contribution >= 4 is 29.5 Å². The van der Waals surface area contributed by atoms with Crippen molar-refractivity contribution in [2.75, 3.05) is 7.11 Å². The number of ether oxygens (including phenoxy) is 1. The zero-order valence-electron chi connectivity index (χ0n) is 10.1. The number of rotatable bonds is 5. The molecule has 0 unspecified atom stereocenters. The number of aldehydes is 1. The number of carbonyl (C=O) groups excluding carboxylic acids is 1. The molecule has 100 valence electrons. The van der Waals surface area contributed by atoms with E-state index in [4.69, 9.17) is 27.9 Å². The van der Waals surface area contributed by atoms with Crippen molar-refractivity contribution < 1.29 is 9.53 Å². The van der Waals surface area contributed by atoms with Crippen molar-refractivity contribution in [2.45, 2.75) is 13.2 Å². The molecule has 0 fully saturated rings. The molecule has 2 rings (SSSR count). The first-order chi connectivity index (χ1) is 9.17. The topological polar surface area (TPSA) is 57.0 Å². The Bertz CT molecular complexity index is 578. The second-order valence-electron chi connectivity index (χ2n) is 3.83. The highest BCUT2D eigenvalue weighted by Gasteiger charge is 2.14. The summed E-state index contributed by atoms with van der Waals surface area (Å²) >= 11 is 12.2. The van der Waals surface area contributed by atoms with Gasteiger partial charge in [-0.15, -0.1) is 5.10 Å². The van der Waals surface area contributed by atoms with Gasteiger partial charge in [-0.05, 0) is 12.1 Å². The molecule has 0 aliphatic heterocycles. The molecule has 0 spiro atoms. The third-order valence-corrected chi connectivity index (χ3v) is 3.34. The van der Waals surface area contributed by atoms with E-state index in [-0.39, 0.29) is 12.3 Å². The van der Waals surface area contributed by atoms with Gasteiger partial charge in [-0.25, -0.2) is 4.68 Å². The summed E-state index contributed by atoms with van der Waals surface area (Å²) in [4.78, 5) is 10.9. The molecule has 7 heteroatoms. The van der Waals surface area contributed by atoms with E-state index < -0.39 is 0 Å². The summed E-state index contributed by atoms with van der Waals surface area (Å²) in [5.41, 5.74) is 1.57. The Kier molecular flexibility index (Phi) is 4.52. The number of halogens is 2. The molecule has 1 aromatic heterocycles. The Labute approximate surface area is 120 Å². The van der Waals surface area contributed by atoms with Gasteiger partial charge >= 0.3 is 0 Å². The summed E-state index contributed by atoms with van der Waals surface area (Å²) in [5, 5.41) is 8.79. The van der Waals surface area contributed by atoms with Crippen LogP contribution in [0.5, 0.6) is 0 Å². The highest BCUT2D eigenvalue weighted by atomic mass is 35.5. The quantitative estimate of drug-likeness (QED) is 0.796. The standard InChI is InChI=1S/C12H11Cl2N3O2/c1-19-7-12-11(6-18)15-16-17(12)5-8-9(13)3-2-4-10(8)14/h2-4,6H,5,7H2,1H3. The zero-order chi connectivity index (χ0) is 13.8. The lowest BCUT2D eigenvalue weighted by Crippen LogP contribution is -2.09. The van der Waals surface area contributed by atoms with E-state index in [2.05, 4.69) is 10.3 Å². The summed E-state index contributed by atoms with van der Waals surface area (Å²) in [6.07, 6.45) is 0.645. The fourth-order valence-corrected chi connectivity index (χ4v) is 2.20. The molecule has 0 N–H and O–H groups in total. The van der Waals surface area contributed by atoms with Crippen molar-refractivity contribution in [3.63, 3.8) is 0 Å². The van der Waals surface area contributed by atoms with E-state index in [0.29, 0.717) is 28.6 Å². The number of nitrogens with zero attached hydrogens (tertiary/aromatic N) is 3. The van der Waals surface area contributed by atoms with Crippen LogP contribution in [-0.4, -0.2) is 28.4 Å². The average Bonchev–Trinajstić information content (AvgIpc) is 2.77. The fraction of sp³-hybridized carbons (Fsp3) is 0.250. The molecular weight excluding hydrogens is 289 g/mol. The molecule has 5 nitrogen and oxygen atoms in total. The number of hydrogen-bond acceptors (Lipinski definition) is 4. The molecular formula is C12H11Cl2N3O2. The Hall–Kier alpha value is -1.43. The third kappa shape index (κ3) is 2.94. The summed E-state index contributed by atoms with van der Waals surface area (Å²) in [6, 6.07) is 5.26. The highest BCUT2D eigenvalue weighted by Crippen LogP contribution is 2.25. The molecule has 2 aromatic rings. The van der Waals surface area contributed by atoms with Crippen molar-refractivity contribution in [1.82, 2.24) is 15.0 Å². The number of hydrogen-bond donors (Lipinski definition) is 0. The number of benzene rings is 1. The largest absolute Gasteiger partial charge is 0.378 e. The molecule has 0 amide bonds. The molecule has 1 aromatic carbocycles. The first-order valence-electron chi connectivity index (χ1n) is 5.46. The monoisotopic (exact) mass is 299 g/mol. The molecule has 0 aliphatic rings. The van der Waals surface area contributed by atoms with Crippen LogP contribution in [0.2, 0.25) is 10.0 Å². The molecule has 0 aliphatic carbocycles. The normalized spacial score (nSPS) is 10.7. The summed E-state index contributed by atoms with van der Waals surface area (Å²) in [5.74, 6) is 0. The predicted octanol–water partition coefficient (Wildman–Crippen LogP) is 2.59. The molecule has 0 bridgehead atoms. The van der Waals surface area contributed by atoms with Gasteiger partial charge in [-0.3, -0.25) is 4.79 Å². The van der Waals surface area contributed by atoms with Crippen LogP contribution >= 0.6 is 23.2 Å². The van der Waals surface area contributed by atoms with Crippen LogP contribution in [0.25, 0.3) is 0 Å². The number of carbonyl (C=O) groups is 1. The number of methoxy groups -OCH3 is 1. The van der Waals surface area contributed by atoms with Crippen molar-refractivity contribution in [2.24, 2.45) is 0 Å². The Morgan fingerprint density at radius 2 is 2.05 bits per heavy atom. The van der Waals surface area contributed by atoms with Gasteiger partial charge in [0.1, 0.15) is 0 Å². The van der Waals surface area contributed by atoms with Crippen LogP contribution in [0.4, 0.5) is 0 Å². The molecule has 1 heterocycles. The van der Waals surface area contributed by atoms with E-state index in [1.807, 2.05) is 0 Å². The molecule has 0 saturated heterocycles. The summed E-state index contributed by atoms with van der Waals surface area (Å²) in [6.45, 7) is 0.571. The van der Waals surface area contributed by atoms with Gasteiger partial charge < -0.3 is 4.74 Å². The lowest BCUT2D eigenvalue weighted by molar-refractivity contribution is 0.111. The smallest absolute Gasteiger partial charge is 0.172 e. The Morgan fingerprint density at radius 1 is 1.37 bits per heavy atom. The zero-order valence-corrected chi connectivity index (χ0v) is 11.6. The van der Waals surface area contributed by atoms with E-state index in [9.17, 15) is 4.79 Å². The minimum atomic E-state index is 0.239. The average molecular weight is 300 g/mol. The van der Waals surface area contributed by atoms with Crippen molar-refractivity contribution in [1.29, 1.82) is 0 Å². The van der Waals surface area contributed by atoms with Crippen LogP contribution < -0.4 is 0 Å². The first-order valence-corrected chi connectivity index (χ1v) is 6.22. The molecule has 19 heavy (non-hydrogen) atoms. The SMILES string of the molecule is COCc1c(C=O)nnn1Cc1c(Cl)cccc1Cl. The van der Waals surface area contributed by atoms with Crippen molar-refractivity contribution in [3.8, 4) is 0 Å². The minimum absolute atomic E-state index is 0.239. The lowest BCUT2D eigenvalue weighted by Gasteiger charge is -2.09. The summed E-state index contributed by atoms with van der Waals surface area (Å²) < 4.78 is 6.60. The van der Waals surface area contributed by atoms with E-state index in [0.717, 1.165) is 5.56 Å². The van der Waals surface area contributed by atoms with Crippen molar-refractivity contribution in [3.05, 3.63) is 45.2 Å². The van der Waals surface area contributed by atoms with Crippen LogP contribution in [0.1, 0.15) is 21.7 Å². The van der Waals surface area contributed by atoms with Gasteiger partial charge in [0.15, 0.2) is 12.0 Å². The molecule has 0 saturated carbocycles. The van der Waals surface area contributed by atoms with Crippen LogP contribution in [0, 0.1) is 0 Å². The van der Waals surface area contributed by atoms with Crippen LogP contribution in [-0.2, 0) is 17.9 Å². The Balaban J connectivity index is 2.38. The Morgan fingerprint density at radius 3 is 2.63 bits per heavy atom. The maximum absolute atomic E-state index is 10.9. The van der Waals surface area contributed by atoms with Gasteiger partial charge in [0.2, 0.25) is 0 Å². The maximum Gasteiger partial charge on any atom is 0.172 e. The first kappa shape index (κ1) is 14.0. The maximum atomic E-state index is 10.9. The molecule has 0 radical (unpaired) electrons. The van der Waals surface area contributed by atoms with Gasteiger partial charge in [0.25, 0.3) is 0 Å². The second kappa shape index (κ2) is 6.14. The van der Waals surface area contributed by atoms with Gasteiger partial charge in [-0.1, -0.05) is 34.5 Å². The van der Waals surface area contributed by atoms with Crippen LogP contribution in [0.15, 0.2) is 18.2 Å². The van der Waals surface area contributed by atoms with Crippen LogP contribution in [0.3, 0.4) is 0 Å². The predicted molar refractivity (Wildman–Crippen MR) is 71.7 cm³/mol. The van der Waals surface area contributed by atoms with Gasteiger partial charge in [0, 0.05) is 22.7 Å². The van der Waals surface area contributed by atoms with E-state index >= 15 is 0 Å². The second-order valence-corrected chi connectivity index (χ2v) is 4.64. The summed E-state index contributed by atoms with van der Waals surface area (Å²) in [7, 11) is 1.54. The van der Waals surface area contributed by atoms with E-state index in [1.54, 1.807) is 22.9 Å². The highest BCUT2D eigenvalue weighted by molar-refractivity contribution is 6.35. The van der Waals surface area contributed by atoms with Gasteiger partial charge in [0.05, 0.1) is 18.8 Å². The minimum Gasteiger partial charge on any atom is -0.378 e. The van der Waals surface area contributed by atoms with Gasteiger partial charge in [-0.2, -0.15) is 0 Å². The molecule has 0 atom stereocenters. The lowest BCUT2D eigenvalue weighted by atomic mass is 10.2. The number of aromatic nitrogens is 3. The fourth-order valence-electron chi connectivity index (χ4n) is 1.68.